The van der Waals surface area contributed by atoms with Gasteiger partial charge >= 0.3 is 0 Å². The molecule has 0 aromatic heterocycles. The van der Waals surface area contributed by atoms with Gasteiger partial charge in [0.15, 0.2) is 5.69 Å². The summed E-state index contributed by atoms with van der Waals surface area (Å²) >= 11 is 13.0. The Morgan fingerprint density at radius 3 is 2.09 bits per heavy atom. The molecule has 2 aromatic rings. The van der Waals surface area contributed by atoms with E-state index in [1.165, 1.54) is 0 Å². The molecule has 5 heteroatoms. The van der Waals surface area contributed by atoms with E-state index in [0.29, 0.717) is 14.5 Å². The second kappa shape index (κ2) is 7.35. The van der Waals surface area contributed by atoms with Crippen molar-refractivity contribution in [2.24, 2.45) is 5.73 Å². The number of nitrogens with two attached hydrogens (primary N) is 1. The number of rotatable bonds is 6. The molecule has 1 amide bonds. The zero-order valence-electron chi connectivity index (χ0n) is 13.4. The van der Waals surface area contributed by atoms with Gasteiger partial charge < -0.3 is 5.73 Å². The molecule has 0 atom stereocenters. The molecule has 0 heterocycles. The summed E-state index contributed by atoms with van der Waals surface area (Å²) in [7, 11) is 0. The first-order chi connectivity index (χ1) is 11.0. The van der Waals surface area contributed by atoms with Crippen LogP contribution in [0, 0.1) is 0 Å². The second-order valence-electron chi connectivity index (χ2n) is 5.44. The maximum atomic E-state index is 11.5. The molecule has 0 aliphatic carbocycles. The first kappa shape index (κ1) is 17.8. The fourth-order valence-electron chi connectivity index (χ4n) is 3.16. The van der Waals surface area contributed by atoms with Crippen LogP contribution >= 0.6 is 23.2 Å². The van der Waals surface area contributed by atoms with Crippen LogP contribution in [-0.4, -0.2) is 19.0 Å². The minimum atomic E-state index is -0.354. The number of para-hydroxylation sites is 2. The highest BCUT2D eigenvalue weighted by Crippen LogP contribution is 2.45. The summed E-state index contributed by atoms with van der Waals surface area (Å²) in [5, 5.41) is 1.24. The van der Waals surface area contributed by atoms with E-state index in [-0.39, 0.29) is 12.3 Å². The Hall–Kier alpha value is -1.55. The summed E-state index contributed by atoms with van der Waals surface area (Å²) in [5.41, 5.74) is 8.19. The molecular weight excluding hydrogens is 331 g/mol. The Labute approximate surface area is 147 Å². The third kappa shape index (κ3) is 3.37. The molecule has 0 unspecified atom stereocenters. The fraction of sp³-hybridized carbons (Fsp3) is 0.278. The summed E-state index contributed by atoms with van der Waals surface area (Å²) in [6.45, 7) is 5.69. The lowest BCUT2D eigenvalue weighted by Gasteiger charge is -2.38. The number of nitrogens with zero attached hydrogens (tertiary/aromatic N) is 1. The maximum Gasteiger partial charge on any atom is 0.222 e. The van der Waals surface area contributed by atoms with E-state index < -0.39 is 0 Å². The summed E-state index contributed by atoms with van der Waals surface area (Å²) < 4.78 is 0.474. The van der Waals surface area contributed by atoms with Gasteiger partial charge in [0.1, 0.15) is 15.7 Å². The number of hydrogen-bond acceptors (Lipinski definition) is 1. The summed E-state index contributed by atoms with van der Waals surface area (Å²) in [4.78, 5) is 11.5. The summed E-state index contributed by atoms with van der Waals surface area (Å²) in [6, 6.07) is 13.4. The fourth-order valence-corrected chi connectivity index (χ4v) is 3.89. The number of carbonyl (C=O) groups excluding carboxylic acids is 1. The maximum absolute atomic E-state index is 11.5. The molecule has 0 aliphatic rings. The molecule has 0 radical (unpaired) electrons. The standard InChI is InChI=1S/C18H20Cl2N2O/c1-3-22(4-2,18-14(19)9-7-10-15(18)20)16-11-6-5-8-13(16)12-17(21)23/h5-11H,3-4,12H2,1-2H3,(H-,21,23)/p+1. The van der Waals surface area contributed by atoms with Gasteiger partial charge in [-0.2, -0.15) is 0 Å². The number of amides is 1. The molecule has 2 aromatic carbocycles. The van der Waals surface area contributed by atoms with Crippen LogP contribution in [0.4, 0.5) is 11.4 Å². The van der Waals surface area contributed by atoms with E-state index in [1.54, 1.807) is 0 Å². The molecule has 23 heavy (non-hydrogen) atoms. The Kier molecular flexibility index (Phi) is 5.69. The van der Waals surface area contributed by atoms with Crippen LogP contribution in [-0.2, 0) is 11.2 Å². The van der Waals surface area contributed by atoms with Crippen molar-refractivity contribution in [1.29, 1.82) is 0 Å². The average molecular weight is 352 g/mol. The van der Waals surface area contributed by atoms with Crippen molar-refractivity contribution < 1.29 is 4.79 Å². The lowest BCUT2D eigenvalue weighted by Crippen LogP contribution is -2.45. The van der Waals surface area contributed by atoms with Crippen molar-refractivity contribution in [3.8, 4) is 0 Å². The van der Waals surface area contributed by atoms with E-state index >= 15 is 0 Å². The zero-order valence-corrected chi connectivity index (χ0v) is 14.9. The first-order valence-electron chi connectivity index (χ1n) is 7.64. The molecule has 122 valence electrons. The molecule has 2 rings (SSSR count). The minimum Gasteiger partial charge on any atom is -0.369 e. The van der Waals surface area contributed by atoms with Crippen LogP contribution in [0.2, 0.25) is 10.0 Å². The number of carbonyl (C=O) groups is 1. The number of quaternary nitrogens is 1. The van der Waals surface area contributed by atoms with Crippen LogP contribution in [0.15, 0.2) is 42.5 Å². The molecule has 0 aliphatic heterocycles. The molecule has 0 saturated carbocycles. The molecule has 0 fully saturated rings. The molecular formula is C18H21Cl2N2O+. The van der Waals surface area contributed by atoms with Gasteiger partial charge in [-0.05, 0) is 32.0 Å². The minimum absolute atomic E-state index is 0.193. The van der Waals surface area contributed by atoms with Crippen LogP contribution in [0.3, 0.4) is 0 Å². The smallest absolute Gasteiger partial charge is 0.222 e. The SMILES string of the molecule is CC[N+](CC)(c1ccccc1CC(N)=O)c1c(Cl)cccc1Cl. The molecule has 3 nitrogen and oxygen atoms in total. The summed E-state index contributed by atoms with van der Waals surface area (Å²) in [6.07, 6.45) is 0.193. The van der Waals surface area contributed by atoms with Crippen molar-refractivity contribution in [2.45, 2.75) is 20.3 Å². The lowest BCUT2D eigenvalue weighted by molar-refractivity contribution is -0.117. The number of hydrogen-bond donors (Lipinski definition) is 1. The Bertz CT molecular complexity index is 692. The first-order valence-corrected chi connectivity index (χ1v) is 8.40. The van der Waals surface area contributed by atoms with Gasteiger partial charge in [-0.15, -0.1) is 0 Å². The monoisotopic (exact) mass is 351 g/mol. The van der Waals surface area contributed by atoms with Gasteiger partial charge in [0.2, 0.25) is 5.91 Å². The van der Waals surface area contributed by atoms with Gasteiger partial charge in [0.25, 0.3) is 0 Å². The van der Waals surface area contributed by atoms with E-state index in [4.69, 9.17) is 28.9 Å². The van der Waals surface area contributed by atoms with Gasteiger partial charge in [-0.3, -0.25) is 9.28 Å². The van der Waals surface area contributed by atoms with Crippen molar-refractivity contribution >= 4 is 40.5 Å². The van der Waals surface area contributed by atoms with Crippen LogP contribution < -0.4 is 10.2 Å². The Morgan fingerprint density at radius 2 is 1.57 bits per heavy atom. The van der Waals surface area contributed by atoms with Crippen LogP contribution in [0.5, 0.6) is 0 Å². The molecule has 0 saturated heterocycles. The predicted octanol–water partition coefficient (Wildman–Crippen LogP) is 4.70. The van der Waals surface area contributed by atoms with E-state index in [9.17, 15) is 4.79 Å². The quantitative estimate of drug-likeness (QED) is 0.753. The third-order valence-corrected chi connectivity index (χ3v) is 4.87. The Balaban J connectivity index is 2.75. The van der Waals surface area contributed by atoms with E-state index in [1.807, 2.05) is 42.5 Å². The molecule has 0 bridgehead atoms. The Morgan fingerprint density at radius 1 is 1.00 bits per heavy atom. The average Bonchev–Trinajstić information content (AvgIpc) is 2.52. The van der Waals surface area contributed by atoms with Crippen molar-refractivity contribution in [3.05, 3.63) is 58.1 Å². The third-order valence-electron chi connectivity index (χ3n) is 4.26. The van der Waals surface area contributed by atoms with Crippen LogP contribution in [0.25, 0.3) is 0 Å². The molecule has 0 spiro atoms. The predicted molar refractivity (Wildman–Crippen MR) is 98.3 cm³/mol. The highest BCUT2D eigenvalue weighted by atomic mass is 35.5. The highest BCUT2D eigenvalue weighted by molar-refractivity contribution is 6.39. The molecule has 2 N–H and O–H groups in total. The normalized spacial score (nSPS) is 11.5. The highest BCUT2D eigenvalue weighted by Gasteiger charge is 2.36. The zero-order chi connectivity index (χ0) is 17.0. The largest absolute Gasteiger partial charge is 0.369 e. The lowest BCUT2D eigenvalue weighted by atomic mass is 10.0. The second-order valence-corrected chi connectivity index (χ2v) is 6.26. The number of halogens is 2. The summed E-state index contributed by atoms with van der Waals surface area (Å²) in [5.74, 6) is -0.354. The topological polar surface area (TPSA) is 43.1 Å². The van der Waals surface area contributed by atoms with Crippen LogP contribution in [0.1, 0.15) is 19.4 Å². The van der Waals surface area contributed by atoms with Gasteiger partial charge in [0.05, 0.1) is 19.5 Å². The van der Waals surface area contributed by atoms with E-state index in [0.717, 1.165) is 30.0 Å². The van der Waals surface area contributed by atoms with Crippen molar-refractivity contribution in [2.75, 3.05) is 13.1 Å². The number of benzene rings is 2. The van der Waals surface area contributed by atoms with Gasteiger partial charge in [0, 0.05) is 5.56 Å². The number of primary amides is 1. The van der Waals surface area contributed by atoms with Gasteiger partial charge in [-0.1, -0.05) is 47.5 Å². The van der Waals surface area contributed by atoms with Crippen molar-refractivity contribution in [1.82, 2.24) is 4.48 Å². The van der Waals surface area contributed by atoms with Crippen molar-refractivity contribution in [3.63, 3.8) is 0 Å². The van der Waals surface area contributed by atoms with E-state index in [2.05, 4.69) is 13.8 Å². The van der Waals surface area contributed by atoms with Gasteiger partial charge in [-0.25, -0.2) is 0 Å².